The Kier molecular flexibility index (Phi) is 9.92. The highest BCUT2D eigenvalue weighted by atomic mass is 16.5. The number of ether oxygens (including phenoxy) is 1. The number of carbonyl (C=O) groups is 4. The fraction of sp³-hybridized carbons (Fsp3) is 0.706. The van der Waals surface area contributed by atoms with E-state index in [2.05, 4.69) is 70.9 Å². The number of urea groups is 1. The molecule has 6 fully saturated rings. The molecule has 9 rings (SSSR count). The number of amides is 2. The van der Waals surface area contributed by atoms with Gasteiger partial charge >= 0.3 is 18.0 Å². The Morgan fingerprint density at radius 3 is 2.30 bits per heavy atom. The molecule has 1 aliphatic heterocycles. The number of hydrogen-bond donors (Lipinski definition) is 3. The number of likely N-dealkylation sites (tertiary alicyclic amines) is 1. The van der Waals surface area contributed by atoms with Crippen molar-refractivity contribution in [1.29, 1.82) is 0 Å². The molecule has 7 aliphatic rings. The van der Waals surface area contributed by atoms with Crippen LogP contribution in [0.1, 0.15) is 151 Å². The SMILES string of the molecule is CC(C)C1=C2[C@H]3CC[C@@H]4[C@@]5(C)CC[C@H](OC(=O)[C@H]6C[C@@H](C(=O)O)C6(C)C)C(C)(C)[C@@H]5CC[C@@]4(C)[C@]3(C)CC[C@@]2(NC(=O)N2CCCC2c2ncc(-c3ccccc3)[nH]2)CC1=O. The number of nitrogens with one attached hydrogen (secondary N) is 2. The van der Waals surface area contributed by atoms with Crippen molar-refractivity contribution in [3.8, 4) is 11.3 Å². The summed E-state index contributed by atoms with van der Waals surface area (Å²) in [5.41, 5.74) is 2.70. The van der Waals surface area contributed by atoms with Crippen molar-refractivity contribution in [2.24, 2.45) is 62.6 Å². The number of benzene rings is 1. The highest BCUT2D eigenvalue weighted by molar-refractivity contribution is 6.02. The summed E-state index contributed by atoms with van der Waals surface area (Å²) < 4.78 is 6.44. The third-order valence-electron chi connectivity index (χ3n) is 19.3. The van der Waals surface area contributed by atoms with Crippen LogP contribution in [0.5, 0.6) is 0 Å². The highest BCUT2D eigenvalue weighted by Crippen LogP contribution is 2.76. The van der Waals surface area contributed by atoms with Gasteiger partial charge in [0.25, 0.3) is 0 Å². The van der Waals surface area contributed by atoms with E-state index in [0.717, 1.165) is 86.9 Å². The van der Waals surface area contributed by atoms with Crippen molar-refractivity contribution in [3.63, 3.8) is 0 Å². The maximum atomic E-state index is 14.7. The van der Waals surface area contributed by atoms with E-state index in [1.54, 1.807) is 0 Å². The van der Waals surface area contributed by atoms with Crippen LogP contribution in [0.15, 0.2) is 47.7 Å². The van der Waals surface area contributed by atoms with Crippen LogP contribution >= 0.6 is 0 Å². The van der Waals surface area contributed by atoms with Gasteiger partial charge in [0.15, 0.2) is 5.78 Å². The Balaban J connectivity index is 0.961. The van der Waals surface area contributed by atoms with Gasteiger partial charge in [0.05, 0.1) is 35.3 Å². The average Bonchev–Trinajstić information content (AvgIpc) is 3.94. The van der Waals surface area contributed by atoms with Crippen LogP contribution in [0.3, 0.4) is 0 Å². The smallest absolute Gasteiger partial charge is 0.318 e. The number of hydrogen-bond acceptors (Lipinski definition) is 6. The van der Waals surface area contributed by atoms with Gasteiger partial charge in [0, 0.05) is 18.4 Å². The molecule has 1 unspecified atom stereocenters. The van der Waals surface area contributed by atoms with Gasteiger partial charge in [-0.15, -0.1) is 0 Å². The van der Waals surface area contributed by atoms with E-state index in [1.807, 2.05) is 43.1 Å². The molecule has 3 N–H and O–H groups in total. The van der Waals surface area contributed by atoms with E-state index in [0.29, 0.717) is 31.2 Å². The number of carbonyl (C=O) groups excluding carboxylic acids is 3. The molecule has 330 valence electrons. The van der Waals surface area contributed by atoms with Crippen LogP contribution in [0, 0.1) is 62.6 Å². The van der Waals surface area contributed by atoms with Gasteiger partial charge in [0.2, 0.25) is 0 Å². The lowest BCUT2D eigenvalue weighted by molar-refractivity contribution is -0.235. The first kappa shape index (κ1) is 42.4. The first-order valence-electron chi connectivity index (χ1n) is 23.6. The molecule has 11 atom stereocenters. The number of H-pyrrole nitrogens is 1. The normalized spacial score (nSPS) is 39.7. The number of fused-ring (bicyclic) bond motifs is 7. The number of nitrogens with zero attached hydrogens (tertiary/aromatic N) is 2. The van der Waals surface area contributed by atoms with Crippen LogP contribution in [0.2, 0.25) is 0 Å². The molecular weight excluding hydrogens is 765 g/mol. The number of aliphatic carboxylic acids is 1. The van der Waals surface area contributed by atoms with Gasteiger partial charge in [-0.1, -0.05) is 92.6 Å². The number of ketones is 1. The number of Topliss-reactive ketones (excluding diaryl/α,β-unsaturated/α-hetero) is 1. The molecule has 1 aromatic carbocycles. The van der Waals surface area contributed by atoms with Crippen LogP contribution < -0.4 is 5.32 Å². The predicted octanol–water partition coefficient (Wildman–Crippen LogP) is 10.3. The van der Waals surface area contributed by atoms with Crippen molar-refractivity contribution in [3.05, 3.63) is 53.5 Å². The van der Waals surface area contributed by atoms with Crippen LogP contribution in [-0.4, -0.2) is 61.9 Å². The van der Waals surface area contributed by atoms with Crippen molar-refractivity contribution < 1.29 is 29.0 Å². The van der Waals surface area contributed by atoms with Gasteiger partial charge in [0.1, 0.15) is 11.9 Å². The summed E-state index contributed by atoms with van der Waals surface area (Å²) in [6.45, 7) is 21.0. The molecule has 1 aromatic heterocycles. The van der Waals surface area contributed by atoms with Gasteiger partial charge in [-0.3, -0.25) is 14.4 Å². The molecule has 1 saturated heterocycles. The lowest BCUT2D eigenvalue weighted by Gasteiger charge is -2.72. The molecule has 2 aromatic rings. The third-order valence-corrected chi connectivity index (χ3v) is 19.3. The Bertz CT molecular complexity index is 2160. The second kappa shape index (κ2) is 14.3. The summed E-state index contributed by atoms with van der Waals surface area (Å²) >= 11 is 0. The van der Waals surface area contributed by atoms with Crippen molar-refractivity contribution in [2.45, 2.75) is 157 Å². The molecule has 61 heavy (non-hydrogen) atoms. The molecule has 5 saturated carbocycles. The fourth-order valence-electron chi connectivity index (χ4n) is 15.7. The van der Waals surface area contributed by atoms with E-state index < -0.39 is 22.8 Å². The maximum Gasteiger partial charge on any atom is 0.318 e. The molecule has 0 spiro atoms. The van der Waals surface area contributed by atoms with E-state index in [-0.39, 0.29) is 69.3 Å². The summed E-state index contributed by atoms with van der Waals surface area (Å²) in [5, 5.41) is 13.3. The van der Waals surface area contributed by atoms with E-state index in [1.165, 1.54) is 5.57 Å². The molecule has 10 nitrogen and oxygen atoms in total. The molecule has 0 radical (unpaired) electrons. The highest BCUT2D eigenvalue weighted by Gasteiger charge is 2.71. The number of carboxylic acid groups (broad SMARTS) is 1. The summed E-state index contributed by atoms with van der Waals surface area (Å²) in [5.74, 6) is 0.156. The lowest BCUT2D eigenvalue weighted by Crippen LogP contribution is -2.67. The Hall–Kier alpha value is -3.95. The van der Waals surface area contributed by atoms with Gasteiger partial charge in [-0.25, -0.2) is 9.78 Å². The second-order valence-corrected chi connectivity index (χ2v) is 22.9. The summed E-state index contributed by atoms with van der Waals surface area (Å²) in [7, 11) is 0. The van der Waals surface area contributed by atoms with E-state index in [9.17, 15) is 24.3 Å². The number of aromatic nitrogens is 2. The summed E-state index contributed by atoms with van der Waals surface area (Å²) in [4.78, 5) is 64.8. The van der Waals surface area contributed by atoms with Gasteiger partial charge < -0.3 is 25.0 Å². The number of esters is 1. The average molecular weight is 835 g/mol. The number of aromatic amines is 1. The third kappa shape index (κ3) is 6.08. The van der Waals surface area contributed by atoms with E-state index >= 15 is 0 Å². The van der Waals surface area contributed by atoms with Crippen molar-refractivity contribution >= 4 is 23.8 Å². The molecule has 10 heteroatoms. The summed E-state index contributed by atoms with van der Waals surface area (Å²) in [6, 6.07) is 9.92. The standard InChI is InChI=1S/C51H70N4O6/c1-29(2)40-36(56)27-51(54-45(60)55-25-13-16-35(55)42-52-28-34(53-42)30-14-11-10-12-15-30)24-23-49(8)31(41(40)51)17-18-38-48(7)21-20-39(47(5,6)37(48)19-22-50(38,49)9)61-44(59)33-26-32(43(57)58)46(33,3)4/h10-12,14-15,28-29,31-33,35,37-39H,13,16-27H2,1-9H3,(H,52,53)(H,54,60)(H,57,58)/t31-,32+,33-,35?,37+,38-,39+,48+,49-,50-,51-/m1/s1. The first-order valence-corrected chi connectivity index (χ1v) is 23.6. The number of allylic oxidation sites excluding steroid dienone is 1. The minimum Gasteiger partial charge on any atom is -0.481 e. The first-order chi connectivity index (χ1) is 28.7. The minimum atomic E-state index is -0.833. The molecule has 0 bridgehead atoms. The predicted molar refractivity (Wildman–Crippen MR) is 234 cm³/mol. The number of imidazole rings is 1. The Labute approximate surface area is 362 Å². The Morgan fingerprint density at radius 1 is 0.869 bits per heavy atom. The van der Waals surface area contributed by atoms with Crippen LogP contribution in [0.25, 0.3) is 11.3 Å². The molecule has 6 aliphatic carbocycles. The molecular formula is C51H70N4O6. The fourth-order valence-corrected chi connectivity index (χ4v) is 15.7. The lowest BCUT2D eigenvalue weighted by atomic mass is 9.33. The zero-order valence-electron chi connectivity index (χ0n) is 38.2. The van der Waals surface area contributed by atoms with Crippen LogP contribution in [0.4, 0.5) is 4.79 Å². The zero-order valence-corrected chi connectivity index (χ0v) is 38.2. The topological polar surface area (TPSA) is 142 Å². The monoisotopic (exact) mass is 835 g/mol. The van der Waals surface area contributed by atoms with Crippen molar-refractivity contribution in [1.82, 2.24) is 20.2 Å². The summed E-state index contributed by atoms with van der Waals surface area (Å²) in [6.07, 6.45) is 11.8. The van der Waals surface area contributed by atoms with Gasteiger partial charge in [-0.05, 0) is 133 Å². The van der Waals surface area contributed by atoms with Crippen LogP contribution in [-0.2, 0) is 19.1 Å². The van der Waals surface area contributed by atoms with E-state index in [4.69, 9.17) is 9.72 Å². The minimum absolute atomic E-state index is 0.0231. The molecule has 2 heterocycles. The Morgan fingerprint density at radius 2 is 1.61 bits per heavy atom. The van der Waals surface area contributed by atoms with Gasteiger partial charge in [-0.2, -0.15) is 0 Å². The zero-order chi connectivity index (χ0) is 43.7. The quantitative estimate of drug-likeness (QED) is 0.236. The van der Waals surface area contributed by atoms with Crippen molar-refractivity contribution in [2.75, 3.05) is 6.54 Å². The largest absolute Gasteiger partial charge is 0.481 e. The number of rotatable bonds is 7. The maximum absolute atomic E-state index is 14.7. The second-order valence-electron chi connectivity index (χ2n) is 22.9. The number of carboxylic acids is 1. The molecule has 2 amide bonds.